The van der Waals surface area contributed by atoms with Crippen molar-refractivity contribution in [2.45, 2.75) is 110 Å². The third kappa shape index (κ3) is 32.3. The molecule has 0 spiro atoms. The number of aliphatic carboxylic acids is 2. The largest absolute Gasteiger partial charge is 0.496 e. The SMILES string of the molecule is COC(=O)/C=C(\C)c1ccccc1OC.COC(=O)CC(C)c1ccccc1OC.COc1ccc(Br)cc1C(C)CC(=O)Nc1cccc2cccnc12.COc1ccc(Br)cc1C(C)CC(=O)O.COc1ccc(Br)cc1C(C)CCNc1cccc2cccnc12.COc1ccccc1C(C)=O.COc1ccccc1C(C)CC(=O)O. The van der Waals surface area contributed by atoms with Gasteiger partial charge in [-0.05, 0) is 192 Å². The van der Waals surface area contributed by atoms with E-state index in [1.807, 2.05) is 211 Å². The number of benzene rings is 9. The summed E-state index contributed by atoms with van der Waals surface area (Å²) < 4.78 is 48.8. The number of carbonyl (C=O) groups excluding carboxylic acids is 4. The van der Waals surface area contributed by atoms with Crippen molar-refractivity contribution in [2.24, 2.45) is 0 Å². The zero-order valence-electron chi connectivity index (χ0n) is 70.1. The van der Waals surface area contributed by atoms with E-state index >= 15 is 0 Å². The summed E-state index contributed by atoms with van der Waals surface area (Å²) in [5.41, 5.74) is 11.1. The van der Waals surface area contributed by atoms with Gasteiger partial charge in [0, 0.05) is 61.2 Å². The van der Waals surface area contributed by atoms with Crippen LogP contribution in [0, 0.1) is 0 Å². The molecule has 5 atom stereocenters. The van der Waals surface area contributed by atoms with Gasteiger partial charge in [0.15, 0.2) is 5.78 Å². The zero-order chi connectivity index (χ0) is 87.5. The van der Waals surface area contributed by atoms with Gasteiger partial charge < -0.3 is 63.5 Å². The van der Waals surface area contributed by atoms with Crippen LogP contribution in [-0.4, -0.2) is 126 Å². The van der Waals surface area contributed by atoms with Crippen LogP contribution in [0.5, 0.6) is 40.2 Å². The maximum absolute atomic E-state index is 12.5. The van der Waals surface area contributed by atoms with Gasteiger partial charge in [-0.2, -0.15) is 0 Å². The van der Waals surface area contributed by atoms with E-state index in [9.17, 15) is 28.8 Å². The summed E-state index contributed by atoms with van der Waals surface area (Å²) in [6, 6.07) is 67.4. The Hall–Kier alpha value is -11.6. The average molecular weight is 1820 g/mol. The highest BCUT2D eigenvalue weighted by Gasteiger charge is 2.21. The Morgan fingerprint density at radius 1 is 0.387 bits per heavy atom. The summed E-state index contributed by atoms with van der Waals surface area (Å²) in [4.78, 5) is 75.7. The molecule has 0 aliphatic heterocycles. The number of nitrogens with zero attached hydrogens (tertiary/aromatic N) is 2. The van der Waals surface area contributed by atoms with Crippen LogP contribution in [0.25, 0.3) is 27.4 Å². The number of carboxylic acids is 2. The molecule has 0 saturated carbocycles. The molecule has 4 N–H and O–H groups in total. The lowest BCUT2D eigenvalue weighted by atomic mass is 9.96. The highest BCUT2D eigenvalue weighted by Crippen LogP contribution is 2.37. The van der Waals surface area contributed by atoms with Gasteiger partial charge in [-0.25, -0.2) is 4.79 Å². The number of fused-ring (bicyclic) bond motifs is 2. The minimum Gasteiger partial charge on any atom is -0.496 e. The number of Topliss-reactive ketones (excluding diaryl/α,β-unsaturated/α-hetero) is 1. The number of nitrogens with one attached hydrogen (secondary N) is 2. The number of amides is 1. The fraction of sp³-hybridized carbons (Fsp3) is 0.284. The molecule has 9 aromatic carbocycles. The molecule has 2 aromatic heterocycles. The zero-order valence-corrected chi connectivity index (χ0v) is 74.9. The van der Waals surface area contributed by atoms with E-state index in [1.165, 1.54) is 32.8 Å². The van der Waals surface area contributed by atoms with Crippen LogP contribution < -0.4 is 43.8 Å². The van der Waals surface area contributed by atoms with Gasteiger partial charge >= 0.3 is 23.9 Å². The number of carboxylic acid groups (broad SMARTS) is 2. The molecule has 0 radical (unpaired) electrons. The number of pyridine rings is 2. The summed E-state index contributed by atoms with van der Waals surface area (Å²) >= 11 is 10.4. The third-order valence-corrected chi connectivity index (χ3v) is 20.1. The summed E-state index contributed by atoms with van der Waals surface area (Å²) in [5, 5.41) is 26.1. The van der Waals surface area contributed by atoms with Gasteiger partial charge in [0.05, 0.1) is 111 Å². The molecule has 630 valence electrons. The lowest BCUT2D eigenvalue weighted by Crippen LogP contribution is -2.15. The van der Waals surface area contributed by atoms with Crippen molar-refractivity contribution in [3.05, 3.63) is 283 Å². The predicted molar refractivity (Wildman–Crippen MR) is 483 cm³/mol. The van der Waals surface area contributed by atoms with Crippen LogP contribution in [0.3, 0.4) is 0 Å². The number of ketones is 1. The van der Waals surface area contributed by atoms with Crippen LogP contribution >= 0.6 is 47.8 Å². The molecule has 0 aliphatic carbocycles. The first kappa shape index (κ1) is 98.0. The van der Waals surface area contributed by atoms with Crippen molar-refractivity contribution in [3.63, 3.8) is 0 Å². The normalized spacial score (nSPS) is 11.7. The molecule has 24 heteroatoms. The lowest BCUT2D eigenvalue weighted by molar-refractivity contribution is -0.141. The molecule has 119 heavy (non-hydrogen) atoms. The minimum absolute atomic E-state index is 0.0235. The molecule has 11 aromatic rings. The number of halogens is 3. The van der Waals surface area contributed by atoms with Crippen molar-refractivity contribution < 1.29 is 81.6 Å². The van der Waals surface area contributed by atoms with E-state index in [4.69, 9.17) is 43.4 Å². The lowest BCUT2D eigenvalue weighted by Gasteiger charge is -2.17. The Bertz CT molecular complexity index is 5110. The summed E-state index contributed by atoms with van der Waals surface area (Å²) in [6.07, 6.45) is 6.98. The number of para-hydroxylation sites is 6. The second-order valence-corrected chi connectivity index (χ2v) is 29.9. The van der Waals surface area contributed by atoms with E-state index in [-0.39, 0.29) is 60.1 Å². The number of hydrogen-bond acceptors (Lipinski definition) is 18. The number of anilines is 2. The van der Waals surface area contributed by atoms with Gasteiger partial charge in [-0.1, -0.05) is 186 Å². The molecular weight excluding hydrogens is 1710 g/mol. The Balaban J connectivity index is 0.000000252. The average Bonchev–Trinajstić information content (AvgIpc) is 0.843. The van der Waals surface area contributed by atoms with Gasteiger partial charge in [-0.3, -0.25) is 33.9 Å². The quantitative estimate of drug-likeness (QED) is 0.0201. The van der Waals surface area contributed by atoms with Crippen LogP contribution in [0.15, 0.2) is 244 Å². The molecule has 2 heterocycles. The Kier molecular flexibility index (Phi) is 43.0. The number of ether oxygens (including phenoxy) is 9. The maximum Gasteiger partial charge on any atom is 0.330 e. The Morgan fingerprint density at radius 2 is 0.748 bits per heavy atom. The molecule has 0 fully saturated rings. The molecular formula is C95H107Br3N4O17. The van der Waals surface area contributed by atoms with Crippen LogP contribution in [0.1, 0.15) is 154 Å². The van der Waals surface area contributed by atoms with E-state index in [0.29, 0.717) is 30.1 Å². The Morgan fingerprint density at radius 3 is 1.17 bits per heavy atom. The van der Waals surface area contributed by atoms with E-state index in [2.05, 4.69) is 115 Å². The minimum atomic E-state index is -0.801. The van der Waals surface area contributed by atoms with Crippen molar-refractivity contribution in [1.29, 1.82) is 0 Å². The fourth-order valence-corrected chi connectivity index (χ4v) is 13.6. The van der Waals surface area contributed by atoms with Crippen molar-refractivity contribution in [2.75, 3.05) is 81.2 Å². The molecule has 5 unspecified atom stereocenters. The number of carbonyl (C=O) groups is 6. The topological polar surface area (TPSA) is 276 Å². The van der Waals surface area contributed by atoms with Gasteiger partial charge in [0.2, 0.25) is 5.91 Å². The first-order valence-corrected chi connectivity index (χ1v) is 40.5. The van der Waals surface area contributed by atoms with Crippen molar-refractivity contribution >= 4 is 122 Å². The fourth-order valence-electron chi connectivity index (χ4n) is 12.4. The number of hydrogen-bond donors (Lipinski definition) is 4. The number of methoxy groups -OCH3 is 9. The highest BCUT2D eigenvalue weighted by molar-refractivity contribution is 9.11. The summed E-state index contributed by atoms with van der Waals surface area (Å²) in [5.74, 6) is 3.68. The number of aromatic nitrogens is 2. The van der Waals surface area contributed by atoms with E-state index < -0.39 is 11.9 Å². The molecule has 1 amide bonds. The van der Waals surface area contributed by atoms with Crippen LogP contribution in [-0.2, 0) is 33.4 Å². The number of allylic oxidation sites excluding steroid dienone is 1. The summed E-state index contributed by atoms with van der Waals surface area (Å²) in [7, 11) is 14.1. The first-order chi connectivity index (χ1) is 57.1. The van der Waals surface area contributed by atoms with E-state index in [1.54, 1.807) is 68.1 Å². The van der Waals surface area contributed by atoms with E-state index in [0.717, 1.165) is 127 Å². The van der Waals surface area contributed by atoms with Crippen molar-refractivity contribution in [1.82, 2.24) is 9.97 Å². The number of esters is 2. The third-order valence-electron chi connectivity index (χ3n) is 18.6. The predicted octanol–water partition coefficient (Wildman–Crippen LogP) is 22.6. The Labute approximate surface area is 723 Å². The summed E-state index contributed by atoms with van der Waals surface area (Å²) in [6.45, 7) is 14.2. The molecule has 21 nitrogen and oxygen atoms in total. The van der Waals surface area contributed by atoms with Gasteiger partial charge in [0.25, 0.3) is 0 Å². The number of rotatable bonds is 28. The molecule has 11 rings (SSSR count). The maximum atomic E-state index is 12.5. The molecule has 0 saturated heterocycles. The van der Waals surface area contributed by atoms with Gasteiger partial charge in [-0.15, -0.1) is 0 Å². The highest BCUT2D eigenvalue weighted by atomic mass is 79.9. The smallest absolute Gasteiger partial charge is 0.330 e. The monoisotopic (exact) mass is 1810 g/mol. The molecule has 0 aliphatic rings. The first-order valence-electron chi connectivity index (χ1n) is 38.1. The van der Waals surface area contributed by atoms with Crippen LogP contribution in [0.4, 0.5) is 11.4 Å². The van der Waals surface area contributed by atoms with Crippen LogP contribution in [0.2, 0.25) is 0 Å². The van der Waals surface area contributed by atoms with Gasteiger partial charge in [0.1, 0.15) is 40.2 Å². The second-order valence-electron chi connectivity index (χ2n) is 27.2. The second kappa shape index (κ2) is 52.3. The standard InChI is InChI=1S/C20H19BrN2O2.C20H21BrN2O.C12H16O3.C12H14O3.C11H13BrO3.C11H14O3.C9H10O2/c1-13(16-12-15(21)8-9-18(16)25-2)11-19(24)23-17-7-3-5-14-6-4-10-22-20(14)17;1-14(17-13-16(21)8-9-19(17)24-2)10-12-22-18-7-3-5-15-6-4-11-23-20(15)18;2*1-9(8-12(13)15-3)10-6-4-5-7-11(10)14-2;1-7(5-11(13)14)9-6-8(12)3-4-10(9)15-2;1-8(7-11(12)13)9-5-3-4-6-10(9)14-2;1-7(10)8-5-3-4-6-9(8)11-2/h3-10,12-13H,11H2,1-2H3,(H,23,24);3-9,11,13-14,22H,10,12H2,1-2H3;4-7,9H,8H2,1-3H3;4-8H,1-3H3;3-4,6-7H,5H2,1-2H3,(H,13,14);3-6,8H,7H2,1-2H3,(H,12,13);3-6H,1-2H3/b;;;9-8+;;;. The van der Waals surface area contributed by atoms with Crippen molar-refractivity contribution in [3.8, 4) is 40.2 Å². The molecule has 0 bridgehead atoms.